The second-order valence-corrected chi connectivity index (χ2v) is 6.73. The summed E-state index contributed by atoms with van der Waals surface area (Å²) < 4.78 is 17.2. The molecule has 0 saturated carbocycles. The fourth-order valence-electron chi connectivity index (χ4n) is 2.74. The van der Waals surface area contributed by atoms with Crippen LogP contribution in [-0.2, 0) is 4.79 Å². The molecule has 0 fully saturated rings. The van der Waals surface area contributed by atoms with Gasteiger partial charge in [-0.05, 0) is 47.7 Å². The topological polar surface area (TPSA) is 69.2 Å². The van der Waals surface area contributed by atoms with Gasteiger partial charge in [0.15, 0.2) is 11.5 Å². The Morgan fingerprint density at radius 1 is 1.10 bits per heavy atom. The van der Waals surface area contributed by atoms with Crippen LogP contribution in [0.3, 0.4) is 0 Å². The van der Waals surface area contributed by atoms with E-state index in [1.165, 1.54) is 12.5 Å². The Hall–Kier alpha value is -3.02. The maximum Gasteiger partial charge on any atom is 0.236 e. The average Bonchev–Trinajstić information content (AvgIpc) is 2.73. The summed E-state index contributed by atoms with van der Waals surface area (Å²) >= 11 is 0. The van der Waals surface area contributed by atoms with Gasteiger partial charge in [0.05, 0.1) is 26.5 Å². The van der Waals surface area contributed by atoms with Gasteiger partial charge in [-0.25, -0.2) is 5.43 Å². The number of carbonyl (C=O) groups is 1. The molecular weight excluding hydrogens is 368 g/mol. The minimum Gasteiger partial charge on any atom is -0.493 e. The van der Waals surface area contributed by atoms with Gasteiger partial charge in [0.1, 0.15) is 5.75 Å². The zero-order chi connectivity index (χ0) is 21.1. The van der Waals surface area contributed by atoms with Crippen LogP contribution in [0, 0.1) is 0 Å². The molecule has 0 aromatic heterocycles. The smallest absolute Gasteiger partial charge is 0.236 e. The van der Waals surface area contributed by atoms with Crippen molar-refractivity contribution < 1.29 is 19.0 Å². The number of hydrogen-bond donors (Lipinski definition) is 1. The Bertz CT molecular complexity index is 820. The standard InChI is InChI=1S/C23H30N2O4/c1-5-17(2)20-9-6-7-10-21(20)28-13-8-14-29-22-12-11-19(15-23(22)27-4)16-24-25-18(3)26/h6-7,9-12,15-17H,5,8,13-14H2,1-4H3,(H,25,26). The summed E-state index contributed by atoms with van der Waals surface area (Å²) in [6.07, 6.45) is 3.38. The van der Waals surface area contributed by atoms with Crippen LogP contribution < -0.4 is 19.6 Å². The third-order valence-corrected chi connectivity index (χ3v) is 4.49. The summed E-state index contributed by atoms with van der Waals surface area (Å²) in [7, 11) is 1.59. The lowest BCUT2D eigenvalue weighted by atomic mass is 9.98. The van der Waals surface area contributed by atoms with Crippen molar-refractivity contribution in [2.24, 2.45) is 5.10 Å². The molecule has 0 aliphatic rings. The molecule has 6 nitrogen and oxygen atoms in total. The van der Waals surface area contributed by atoms with E-state index in [4.69, 9.17) is 14.2 Å². The van der Waals surface area contributed by atoms with Crippen molar-refractivity contribution in [1.29, 1.82) is 0 Å². The Balaban J connectivity index is 1.85. The van der Waals surface area contributed by atoms with E-state index in [2.05, 4.69) is 30.4 Å². The highest BCUT2D eigenvalue weighted by Gasteiger charge is 2.09. The number of hydrogen-bond acceptors (Lipinski definition) is 5. The number of amides is 1. The number of carbonyl (C=O) groups excluding carboxylic acids is 1. The van der Waals surface area contributed by atoms with Gasteiger partial charge in [-0.2, -0.15) is 5.10 Å². The third-order valence-electron chi connectivity index (χ3n) is 4.49. The van der Waals surface area contributed by atoms with Crippen molar-refractivity contribution in [3.05, 3.63) is 53.6 Å². The molecule has 0 saturated heterocycles. The predicted molar refractivity (Wildman–Crippen MR) is 115 cm³/mol. The van der Waals surface area contributed by atoms with E-state index >= 15 is 0 Å². The molecule has 0 heterocycles. The molecule has 1 unspecified atom stereocenters. The lowest BCUT2D eigenvalue weighted by molar-refractivity contribution is -0.118. The number of methoxy groups -OCH3 is 1. The number of benzene rings is 2. The van der Waals surface area contributed by atoms with Gasteiger partial charge in [0.2, 0.25) is 5.91 Å². The Kier molecular flexibility index (Phi) is 9.02. The van der Waals surface area contributed by atoms with Crippen molar-refractivity contribution >= 4 is 12.1 Å². The van der Waals surface area contributed by atoms with E-state index in [-0.39, 0.29) is 5.91 Å². The van der Waals surface area contributed by atoms with Crippen molar-refractivity contribution in [1.82, 2.24) is 5.43 Å². The molecule has 2 aromatic carbocycles. The fraction of sp³-hybridized carbons (Fsp3) is 0.391. The minimum atomic E-state index is -0.220. The Morgan fingerprint density at radius 2 is 1.83 bits per heavy atom. The average molecular weight is 399 g/mol. The highest BCUT2D eigenvalue weighted by atomic mass is 16.5. The van der Waals surface area contributed by atoms with Crippen molar-refractivity contribution in [2.75, 3.05) is 20.3 Å². The van der Waals surface area contributed by atoms with E-state index in [1.54, 1.807) is 19.4 Å². The molecular formula is C23H30N2O4. The van der Waals surface area contributed by atoms with E-state index < -0.39 is 0 Å². The number of ether oxygens (including phenoxy) is 3. The van der Waals surface area contributed by atoms with E-state index in [9.17, 15) is 4.79 Å². The third kappa shape index (κ3) is 7.14. The van der Waals surface area contributed by atoms with Crippen molar-refractivity contribution in [3.63, 3.8) is 0 Å². The molecule has 29 heavy (non-hydrogen) atoms. The SMILES string of the molecule is CCC(C)c1ccccc1OCCCOc1ccc(C=NNC(C)=O)cc1OC. The van der Waals surface area contributed by atoms with Crippen LogP contribution in [0.5, 0.6) is 17.2 Å². The van der Waals surface area contributed by atoms with E-state index in [1.807, 2.05) is 30.3 Å². The van der Waals surface area contributed by atoms with Crippen LogP contribution in [0.2, 0.25) is 0 Å². The fourth-order valence-corrected chi connectivity index (χ4v) is 2.74. The first-order valence-electron chi connectivity index (χ1n) is 9.87. The van der Waals surface area contributed by atoms with Gasteiger partial charge in [-0.15, -0.1) is 0 Å². The highest BCUT2D eigenvalue weighted by molar-refractivity contribution is 5.82. The summed E-state index contributed by atoms with van der Waals surface area (Å²) in [6.45, 7) is 6.89. The summed E-state index contributed by atoms with van der Waals surface area (Å²) in [6, 6.07) is 13.7. The van der Waals surface area contributed by atoms with Crippen molar-refractivity contribution in [3.8, 4) is 17.2 Å². The molecule has 1 atom stereocenters. The molecule has 2 aromatic rings. The summed E-state index contributed by atoms with van der Waals surface area (Å²) in [5.41, 5.74) is 4.41. The summed E-state index contributed by atoms with van der Waals surface area (Å²) in [5, 5.41) is 3.85. The number of rotatable bonds is 11. The number of hydrazone groups is 1. The maximum atomic E-state index is 10.9. The van der Waals surface area contributed by atoms with Crippen LogP contribution >= 0.6 is 0 Å². The van der Waals surface area contributed by atoms with Gasteiger partial charge < -0.3 is 14.2 Å². The van der Waals surface area contributed by atoms with Gasteiger partial charge in [0, 0.05) is 13.3 Å². The Morgan fingerprint density at radius 3 is 2.52 bits per heavy atom. The lowest BCUT2D eigenvalue weighted by Crippen LogP contribution is -2.12. The second kappa shape index (κ2) is 11.7. The van der Waals surface area contributed by atoms with Crippen LogP contribution in [0.25, 0.3) is 0 Å². The number of para-hydroxylation sites is 1. The largest absolute Gasteiger partial charge is 0.493 e. The van der Waals surface area contributed by atoms with E-state index in [0.29, 0.717) is 30.6 Å². The summed E-state index contributed by atoms with van der Waals surface area (Å²) in [5.74, 6) is 2.47. The van der Waals surface area contributed by atoms with Gasteiger partial charge in [-0.1, -0.05) is 32.0 Å². The predicted octanol–water partition coefficient (Wildman–Crippen LogP) is 4.53. The molecule has 0 radical (unpaired) electrons. The molecule has 2 rings (SSSR count). The molecule has 1 N–H and O–H groups in total. The number of nitrogens with one attached hydrogen (secondary N) is 1. The van der Waals surface area contributed by atoms with Crippen LogP contribution in [-0.4, -0.2) is 32.4 Å². The van der Waals surface area contributed by atoms with Crippen LogP contribution in [0.1, 0.15) is 50.7 Å². The van der Waals surface area contributed by atoms with E-state index in [0.717, 1.165) is 24.2 Å². The number of nitrogens with zero attached hydrogens (tertiary/aromatic N) is 1. The second-order valence-electron chi connectivity index (χ2n) is 6.73. The van der Waals surface area contributed by atoms with Crippen LogP contribution in [0.4, 0.5) is 0 Å². The molecule has 0 aliphatic carbocycles. The Labute approximate surface area is 172 Å². The zero-order valence-corrected chi connectivity index (χ0v) is 17.6. The maximum absolute atomic E-state index is 10.9. The van der Waals surface area contributed by atoms with Crippen LogP contribution in [0.15, 0.2) is 47.6 Å². The molecule has 1 amide bonds. The monoisotopic (exact) mass is 398 g/mol. The first-order chi connectivity index (χ1) is 14.0. The molecule has 0 aliphatic heterocycles. The first kappa shape index (κ1) is 22.3. The normalized spacial score (nSPS) is 11.9. The molecule has 0 bridgehead atoms. The summed E-state index contributed by atoms with van der Waals surface area (Å²) in [4.78, 5) is 10.9. The van der Waals surface area contributed by atoms with Gasteiger partial charge in [-0.3, -0.25) is 4.79 Å². The van der Waals surface area contributed by atoms with Crippen molar-refractivity contribution in [2.45, 2.75) is 39.5 Å². The van der Waals surface area contributed by atoms with Gasteiger partial charge >= 0.3 is 0 Å². The minimum absolute atomic E-state index is 0.220. The van der Waals surface area contributed by atoms with Gasteiger partial charge in [0.25, 0.3) is 0 Å². The quantitative estimate of drug-likeness (QED) is 0.343. The highest BCUT2D eigenvalue weighted by Crippen LogP contribution is 2.29. The lowest BCUT2D eigenvalue weighted by Gasteiger charge is -2.16. The molecule has 6 heteroatoms. The molecule has 0 spiro atoms. The molecule has 156 valence electrons. The zero-order valence-electron chi connectivity index (χ0n) is 17.6. The first-order valence-corrected chi connectivity index (χ1v) is 9.87.